The summed E-state index contributed by atoms with van der Waals surface area (Å²) in [6.07, 6.45) is 0. The molecule has 0 aliphatic carbocycles. The SMILES string of the molecule is [CH2]C(O)(O)c1cccc2ccccc12. The molecule has 0 aliphatic rings. The van der Waals surface area contributed by atoms with E-state index in [1.165, 1.54) is 0 Å². The van der Waals surface area contributed by atoms with Gasteiger partial charge in [0.25, 0.3) is 0 Å². The fourth-order valence-electron chi connectivity index (χ4n) is 1.57. The second-order valence-electron chi connectivity index (χ2n) is 3.34. The van der Waals surface area contributed by atoms with E-state index in [4.69, 9.17) is 0 Å². The van der Waals surface area contributed by atoms with E-state index in [0.29, 0.717) is 5.56 Å². The third-order valence-electron chi connectivity index (χ3n) is 2.22. The monoisotopic (exact) mass is 187 g/mol. The van der Waals surface area contributed by atoms with E-state index in [2.05, 4.69) is 6.92 Å². The molecule has 0 saturated carbocycles. The van der Waals surface area contributed by atoms with Crippen molar-refractivity contribution >= 4 is 10.8 Å². The lowest BCUT2D eigenvalue weighted by atomic mass is 9.99. The zero-order valence-electron chi connectivity index (χ0n) is 7.64. The summed E-state index contributed by atoms with van der Waals surface area (Å²) in [5.41, 5.74) is 0.426. The molecule has 2 nitrogen and oxygen atoms in total. The summed E-state index contributed by atoms with van der Waals surface area (Å²) in [4.78, 5) is 0. The van der Waals surface area contributed by atoms with Gasteiger partial charge in [0.2, 0.25) is 0 Å². The van der Waals surface area contributed by atoms with Crippen molar-refractivity contribution in [3.63, 3.8) is 0 Å². The zero-order chi connectivity index (χ0) is 10.2. The minimum Gasteiger partial charge on any atom is -0.362 e. The molecular formula is C12H11O2. The van der Waals surface area contributed by atoms with Crippen molar-refractivity contribution in [2.45, 2.75) is 5.79 Å². The van der Waals surface area contributed by atoms with Crippen LogP contribution in [0.3, 0.4) is 0 Å². The molecule has 2 N–H and O–H groups in total. The highest BCUT2D eigenvalue weighted by Gasteiger charge is 2.20. The number of benzene rings is 2. The van der Waals surface area contributed by atoms with Gasteiger partial charge in [0, 0.05) is 12.5 Å². The normalized spacial score (nSPS) is 11.9. The molecule has 2 heteroatoms. The van der Waals surface area contributed by atoms with Crippen LogP contribution in [0.2, 0.25) is 0 Å². The average Bonchev–Trinajstić information content (AvgIpc) is 2.15. The Balaban J connectivity index is 2.78. The molecule has 71 valence electrons. The molecule has 2 aromatic carbocycles. The summed E-state index contributed by atoms with van der Waals surface area (Å²) in [5.74, 6) is -2.03. The second-order valence-corrected chi connectivity index (χ2v) is 3.34. The van der Waals surface area contributed by atoms with Gasteiger partial charge in [-0.05, 0) is 10.8 Å². The van der Waals surface area contributed by atoms with Gasteiger partial charge in [-0.2, -0.15) is 0 Å². The lowest BCUT2D eigenvalue weighted by molar-refractivity contribution is -0.127. The summed E-state index contributed by atoms with van der Waals surface area (Å²) >= 11 is 0. The fraction of sp³-hybridized carbons (Fsp3) is 0.0833. The minimum atomic E-state index is -2.03. The third-order valence-corrected chi connectivity index (χ3v) is 2.22. The molecule has 0 atom stereocenters. The molecule has 0 fully saturated rings. The van der Waals surface area contributed by atoms with Crippen molar-refractivity contribution in [1.82, 2.24) is 0 Å². The standard InChI is InChI=1S/C12H11O2/c1-12(13,14)11-8-4-6-9-5-2-3-7-10(9)11/h2-8,13-14H,1H2. The van der Waals surface area contributed by atoms with E-state index >= 15 is 0 Å². The van der Waals surface area contributed by atoms with Gasteiger partial charge in [0.05, 0.1) is 0 Å². The Kier molecular flexibility index (Phi) is 2.02. The Morgan fingerprint density at radius 1 is 0.929 bits per heavy atom. The van der Waals surface area contributed by atoms with Crippen molar-refractivity contribution in [2.24, 2.45) is 0 Å². The van der Waals surface area contributed by atoms with Gasteiger partial charge in [-0.3, -0.25) is 0 Å². The van der Waals surface area contributed by atoms with Crippen LogP contribution < -0.4 is 0 Å². The Hall–Kier alpha value is -1.38. The maximum atomic E-state index is 9.43. The Morgan fingerprint density at radius 2 is 1.57 bits per heavy atom. The molecule has 0 saturated heterocycles. The predicted molar refractivity (Wildman–Crippen MR) is 55.4 cm³/mol. The summed E-state index contributed by atoms with van der Waals surface area (Å²) in [5, 5.41) is 20.7. The summed E-state index contributed by atoms with van der Waals surface area (Å²) in [7, 11) is 0. The lowest BCUT2D eigenvalue weighted by Gasteiger charge is -2.18. The van der Waals surface area contributed by atoms with Gasteiger partial charge in [-0.15, -0.1) is 0 Å². The first kappa shape index (κ1) is 9.19. The van der Waals surface area contributed by atoms with E-state index in [9.17, 15) is 10.2 Å². The molecule has 0 unspecified atom stereocenters. The average molecular weight is 187 g/mol. The summed E-state index contributed by atoms with van der Waals surface area (Å²) < 4.78 is 0. The van der Waals surface area contributed by atoms with Gasteiger partial charge in [0.15, 0.2) is 5.79 Å². The maximum Gasteiger partial charge on any atom is 0.190 e. The van der Waals surface area contributed by atoms with Crippen LogP contribution in [0.4, 0.5) is 0 Å². The minimum absolute atomic E-state index is 0.426. The molecule has 0 aliphatic heterocycles. The number of fused-ring (bicyclic) bond motifs is 1. The van der Waals surface area contributed by atoms with Crippen molar-refractivity contribution in [3.05, 3.63) is 55.0 Å². The lowest BCUT2D eigenvalue weighted by Crippen LogP contribution is -2.20. The number of aliphatic hydroxyl groups is 2. The highest BCUT2D eigenvalue weighted by Crippen LogP contribution is 2.25. The highest BCUT2D eigenvalue weighted by atomic mass is 16.5. The van der Waals surface area contributed by atoms with Crippen LogP contribution in [0.15, 0.2) is 42.5 Å². The number of rotatable bonds is 1. The molecule has 2 aromatic rings. The van der Waals surface area contributed by atoms with Crippen LogP contribution in [0.1, 0.15) is 5.56 Å². The van der Waals surface area contributed by atoms with Gasteiger partial charge >= 0.3 is 0 Å². The topological polar surface area (TPSA) is 40.5 Å². The molecule has 14 heavy (non-hydrogen) atoms. The van der Waals surface area contributed by atoms with E-state index in [0.717, 1.165) is 10.8 Å². The molecule has 0 aromatic heterocycles. The quantitative estimate of drug-likeness (QED) is 0.668. The van der Waals surface area contributed by atoms with E-state index in [1.54, 1.807) is 12.1 Å². The molecule has 2 rings (SSSR count). The van der Waals surface area contributed by atoms with Crippen molar-refractivity contribution in [3.8, 4) is 0 Å². The third kappa shape index (κ3) is 1.50. The predicted octanol–water partition coefficient (Wildman–Crippen LogP) is 1.81. The van der Waals surface area contributed by atoms with Crippen molar-refractivity contribution < 1.29 is 10.2 Å². The Labute approximate surface area is 82.4 Å². The second kappa shape index (κ2) is 3.08. The first-order chi connectivity index (χ1) is 6.59. The van der Waals surface area contributed by atoms with Crippen LogP contribution in [-0.2, 0) is 5.79 Å². The zero-order valence-corrected chi connectivity index (χ0v) is 7.64. The van der Waals surface area contributed by atoms with Crippen molar-refractivity contribution in [1.29, 1.82) is 0 Å². The van der Waals surface area contributed by atoms with E-state index < -0.39 is 5.79 Å². The van der Waals surface area contributed by atoms with Gasteiger partial charge in [-0.1, -0.05) is 42.5 Å². The largest absolute Gasteiger partial charge is 0.362 e. The van der Waals surface area contributed by atoms with Gasteiger partial charge < -0.3 is 10.2 Å². The van der Waals surface area contributed by atoms with Crippen LogP contribution in [0.5, 0.6) is 0 Å². The number of hydrogen-bond acceptors (Lipinski definition) is 2. The van der Waals surface area contributed by atoms with Crippen LogP contribution in [-0.4, -0.2) is 10.2 Å². The molecule has 0 amide bonds. The fourth-order valence-corrected chi connectivity index (χ4v) is 1.57. The highest BCUT2D eigenvalue weighted by molar-refractivity contribution is 5.86. The van der Waals surface area contributed by atoms with Crippen LogP contribution >= 0.6 is 0 Å². The van der Waals surface area contributed by atoms with Gasteiger partial charge in [-0.25, -0.2) is 0 Å². The molecule has 0 bridgehead atoms. The number of hydrogen-bond donors (Lipinski definition) is 2. The first-order valence-corrected chi connectivity index (χ1v) is 4.37. The van der Waals surface area contributed by atoms with Crippen molar-refractivity contribution in [2.75, 3.05) is 0 Å². The summed E-state index contributed by atoms with van der Waals surface area (Å²) in [6.45, 7) is 3.30. The molecular weight excluding hydrogens is 176 g/mol. The van der Waals surface area contributed by atoms with E-state index in [1.807, 2.05) is 30.3 Å². The Bertz CT molecular complexity index is 450. The molecule has 0 heterocycles. The smallest absolute Gasteiger partial charge is 0.190 e. The summed E-state index contributed by atoms with van der Waals surface area (Å²) in [6, 6.07) is 12.9. The molecule has 1 radical (unpaired) electrons. The first-order valence-electron chi connectivity index (χ1n) is 4.37. The van der Waals surface area contributed by atoms with E-state index in [-0.39, 0.29) is 0 Å². The maximum absolute atomic E-state index is 9.43. The Morgan fingerprint density at radius 3 is 2.29 bits per heavy atom. The van der Waals surface area contributed by atoms with Gasteiger partial charge in [0.1, 0.15) is 0 Å². The van der Waals surface area contributed by atoms with Crippen LogP contribution in [0.25, 0.3) is 10.8 Å². The molecule has 0 spiro atoms. The van der Waals surface area contributed by atoms with Crippen LogP contribution in [0, 0.1) is 6.92 Å².